The lowest BCUT2D eigenvalue weighted by Crippen LogP contribution is -2.04. The molecule has 0 N–H and O–H groups in total. The molecule has 0 fully saturated rings. The second-order valence-electron chi connectivity index (χ2n) is 4.88. The summed E-state index contributed by atoms with van der Waals surface area (Å²) in [5, 5.41) is 8.83. The smallest absolute Gasteiger partial charge is 0.347 e. The lowest BCUT2D eigenvalue weighted by Gasteiger charge is -2.02. The second kappa shape index (κ2) is 4.28. The molecular weight excluding hydrogens is 266 g/mol. The molecule has 2 aromatic carbocycles. The van der Waals surface area contributed by atoms with Crippen LogP contribution in [0.15, 0.2) is 57.7 Å². The number of nitrogens with zero attached hydrogens (tertiary/aromatic N) is 3. The Hall–Kier alpha value is -2.95. The van der Waals surface area contributed by atoms with Crippen LogP contribution in [-0.4, -0.2) is 14.8 Å². The minimum Gasteiger partial charge on any atom is -0.401 e. The lowest BCUT2D eigenvalue weighted by atomic mass is 10.1. The van der Waals surface area contributed by atoms with Gasteiger partial charge in [0.25, 0.3) is 5.71 Å². The van der Waals surface area contributed by atoms with E-state index in [2.05, 4.69) is 10.3 Å². The molecule has 21 heavy (non-hydrogen) atoms. The van der Waals surface area contributed by atoms with Gasteiger partial charge in [0, 0.05) is 5.56 Å². The van der Waals surface area contributed by atoms with Gasteiger partial charge in [-0.1, -0.05) is 41.6 Å². The van der Waals surface area contributed by atoms with E-state index in [9.17, 15) is 4.79 Å². The monoisotopic (exact) mass is 277 g/mol. The Morgan fingerprint density at radius 1 is 1.05 bits per heavy atom. The van der Waals surface area contributed by atoms with E-state index in [-0.39, 0.29) is 5.63 Å². The van der Waals surface area contributed by atoms with Crippen LogP contribution in [0.3, 0.4) is 0 Å². The Bertz CT molecular complexity index is 1030. The minimum atomic E-state index is -0.379. The number of hydrogen-bond acceptors (Lipinski definition) is 4. The zero-order chi connectivity index (χ0) is 14.4. The van der Waals surface area contributed by atoms with Crippen molar-refractivity contribution in [3.8, 4) is 11.3 Å². The highest BCUT2D eigenvalue weighted by atomic mass is 16.4. The van der Waals surface area contributed by atoms with Crippen molar-refractivity contribution in [3.63, 3.8) is 0 Å². The van der Waals surface area contributed by atoms with E-state index >= 15 is 0 Å². The molecule has 4 rings (SSSR count). The Morgan fingerprint density at radius 2 is 1.81 bits per heavy atom. The van der Waals surface area contributed by atoms with Crippen LogP contribution < -0.4 is 5.63 Å². The van der Waals surface area contributed by atoms with Crippen LogP contribution in [0, 0.1) is 6.92 Å². The average molecular weight is 277 g/mol. The summed E-state index contributed by atoms with van der Waals surface area (Å²) in [4.78, 5) is 12.1. The highest BCUT2D eigenvalue weighted by Crippen LogP contribution is 2.26. The summed E-state index contributed by atoms with van der Waals surface area (Å²) in [5.74, 6) is 0. The first-order valence-corrected chi connectivity index (χ1v) is 6.59. The molecule has 0 spiro atoms. The van der Waals surface area contributed by atoms with Crippen molar-refractivity contribution in [1.82, 2.24) is 14.8 Å². The van der Waals surface area contributed by atoms with Gasteiger partial charge in [-0.05, 0) is 24.6 Å². The largest absolute Gasteiger partial charge is 0.401 e. The first-order valence-electron chi connectivity index (χ1n) is 6.59. The van der Waals surface area contributed by atoms with Crippen LogP contribution >= 0.6 is 0 Å². The number of para-hydroxylation sites is 1. The van der Waals surface area contributed by atoms with Gasteiger partial charge >= 0.3 is 5.63 Å². The third-order valence-corrected chi connectivity index (χ3v) is 3.57. The Balaban J connectivity index is 2.15. The molecule has 0 atom stereocenters. The van der Waals surface area contributed by atoms with Gasteiger partial charge in [-0.3, -0.25) is 0 Å². The van der Waals surface area contributed by atoms with Crippen LogP contribution in [0.2, 0.25) is 0 Å². The van der Waals surface area contributed by atoms with Gasteiger partial charge < -0.3 is 4.42 Å². The molecule has 0 amide bonds. The van der Waals surface area contributed by atoms with Crippen molar-refractivity contribution in [2.24, 2.45) is 0 Å². The summed E-state index contributed by atoms with van der Waals surface area (Å²) in [6.07, 6.45) is 0. The molecule has 0 aliphatic rings. The molecule has 0 unspecified atom stereocenters. The van der Waals surface area contributed by atoms with E-state index in [1.54, 1.807) is 16.6 Å². The third kappa shape index (κ3) is 1.67. The highest BCUT2D eigenvalue weighted by Gasteiger charge is 2.16. The Morgan fingerprint density at radius 3 is 2.67 bits per heavy atom. The zero-order valence-corrected chi connectivity index (χ0v) is 11.3. The van der Waals surface area contributed by atoms with Crippen LogP contribution in [0.25, 0.3) is 27.9 Å². The molecule has 2 aromatic heterocycles. The Labute approximate surface area is 119 Å². The SMILES string of the molecule is Cc1ccccc1-c1nnn2c1oc(=O)c1ccccc12. The third-order valence-electron chi connectivity index (χ3n) is 3.57. The van der Waals surface area contributed by atoms with Gasteiger partial charge in [0.15, 0.2) is 5.69 Å². The predicted octanol–water partition coefficient (Wildman–Crippen LogP) is 2.81. The predicted molar refractivity (Wildman–Crippen MR) is 79.2 cm³/mol. The van der Waals surface area contributed by atoms with E-state index in [1.807, 2.05) is 43.3 Å². The lowest BCUT2D eigenvalue weighted by molar-refractivity contribution is 0.543. The molecule has 0 aliphatic carbocycles. The fourth-order valence-corrected chi connectivity index (χ4v) is 2.50. The normalized spacial score (nSPS) is 11.3. The van der Waals surface area contributed by atoms with Gasteiger partial charge in [0.05, 0.1) is 10.9 Å². The first-order chi connectivity index (χ1) is 10.3. The van der Waals surface area contributed by atoms with Gasteiger partial charge in [0.1, 0.15) is 0 Å². The maximum atomic E-state index is 12.1. The fourth-order valence-electron chi connectivity index (χ4n) is 2.50. The van der Waals surface area contributed by atoms with Crippen molar-refractivity contribution in [3.05, 3.63) is 64.5 Å². The molecule has 5 heteroatoms. The van der Waals surface area contributed by atoms with E-state index < -0.39 is 0 Å². The summed E-state index contributed by atoms with van der Waals surface area (Å²) in [6, 6.07) is 15.0. The van der Waals surface area contributed by atoms with Gasteiger partial charge in [-0.25, -0.2) is 4.79 Å². The maximum Gasteiger partial charge on any atom is 0.347 e. The number of fused-ring (bicyclic) bond motifs is 3. The first kappa shape index (κ1) is 11.8. The molecular formula is C16H11N3O2. The quantitative estimate of drug-likeness (QED) is 0.537. The molecule has 2 heterocycles. The van der Waals surface area contributed by atoms with Crippen LogP contribution in [0.5, 0.6) is 0 Å². The molecule has 0 bridgehead atoms. The molecule has 102 valence electrons. The molecule has 0 radical (unpaired) electrons. The maximum absolute atomic E-state index is 12.1. The molecule has 0 saturated heterocycles. The number of hydrogen-bond donors (Lipinski definition) is 0. The highest BCUT2D eigenvalue weighted by molar-refractivity contribution is 5.83. The standard InChI is InChI=1S/C16H11N3O2/c1-10-6-2-3-7-11(10)14-15-19(18-17-14)13-9-5-4-8-12(13)16(20)21-15/h2-9H,1H3. The van der Waals surface area contributed by atoms with E-state index in [4.69, 9.17) is 4.42 Å². The topological polar surface area (TPSA) is 60.4 Å². The molecule has 0 saturated carbocycles. The van der Waals surface area contributed by atoms with Crippen LogP contribution in [0.4, 0.5) is 0 Å². The summed E-state index contributed by atoms with van der Waals surface area (Å²) in [7, 11) is 0. The van der Waals surface area contributed by atoms with E-state index in [0.29, 0.717) is 22.3 Å². The number of aryl methyl sites for hydroxylation is 1. The molecule has 4 aromatic rings. The molecule has 5 nitrogen and oxygen atoms in total. The second-order valence-corrected chi connectivity index (χ2v) is 4.88. The van der Waals surface area contributed by atoms with Crippen molar-refractivity contribution in [2.45, 2.75) is 6.92 Å². The fraction of sp³-hybridized carbons (Fsp3) is 0.0625. The summed E-state index contributed by atoms with van der Waals surface area (Å²) < 4.78 is 7.01. The molecule has 0 aliphatic heterocycles. The summed E-state index contributed by atoms with van der Waals surface area (Å²) in [6.45, 7) is 1.99. The zero-order valence-electron chi connectivity index (χ0n) is 11.3. The van der Waals surface area contributed by atoms with Gasteiger partial charge in [0.2, 0.25) is 0 Å². The summed E-state index contributed by atoms with van der Waals surface area (Å²) in [5.41, 5.74) is 3.22. The van der Waals surface area contributed by atoms with Crippen LogP contribution in [0.1, 0.15) is 5.56 Å². The van der Waals surface area contributed by atoms with E-state index in [1.165, 1.54) is 0 Å². The Kier molecular flexibility index (Phi) is 2.41. The minimum absolute atomic E-state index is 0.369. The van der Waals surface area contributed by atoms with Crippen molar-refractivity contribution >= 4 is 16.6 Å². The van der Waals surface area contributed by atoms with Crippen LogP contribution in [-0.2, 0) is 0 Å². The number of rotatable bonds is 1. The number of benzene rings is 2. The van der Waals surface area contributed by atoms with Gasteiger partial charge in [-0.2, -0.15) is 4.52 Å². The average Bonchev–Trinajstić information content (AvgIpc) is 2.92. The number of aromatic nitrogens is 3. The van der Waals surface area contributed by atoms with E-state index in [0.717, 1.165) is 11.1 Å². The van der Waals surface area contributed by atoms with Gasteiger partial charge in [-0.15, -0.1) is 5.10 Å². The van der Waals surface area contributed by atoms with Crippen molar-refractivity contribution in [1.29, 1.82) is 0 Å². The van der Waals surface area contributed by atoms with Crippen molar-refractivity contribution in [2.75, 3.05) is 0 Å². The summed E-state index contributed by atoms with van der Waals surface area (Å²) >= 11 is 0. The van der Waals surface area contributed by atoms with Crippen molar-refractivity contribution < 1.29 is 4.42 Å².